The van der Waals surface area contributed by atoms with E-state index in [0.29, 0.717) is 13.2 Å². The van der Waals surface area contributed by atoms with Crippen LogP contribution in [0.1, 0.15) is 91.4 Å². The van der Waals surface area contributed by atoms with Crippen LogP contribution in [0.5, 0.6) is 0 Å². The Labute approximate surface area is 144 Å². The van der Waals surface area contributed by atoms with E-state index in [2.05, 4.69) is 13.5 Å². The maximum absolute atomic E-state index is 13.0. The van der Waals surface area contributed by atoms with Gasteiger partial charge in [-0.05, 0) is 33.1 Å². The first-order valence-electron chi connectivity index (χ1n) is 9.64. The van der Waals surface area contributed by atoms with Crippen LogP contribution in [-0.2, 0) is 13.6 Å². The second-order valence-corrected chi connectivity index (χ2v) is 8.49. The highest BCUT2D eigenvalue weighted by Gasteiger charge is 2.34. The molecule has 0 aliphatic heterocycles. The van der Waals surface area contributed by atoms with Crippen molar-refractivity contribution in [1.82, 2.24) is 0 Å². The first-order valence-corrected chi connectivity index (χ1v) is 11.2. The van der Waals surface area contributed by atoms with E-state index >= 15 is 0 Å². The Kier molecular flexibility index (Phi) is 15.3. The summed E-state index contributed by atoms with van der Waals surface area (Å²) in [6, 6.07) is 0. The summed E-state index contributed by atoms with van der Waals surface area (Å²) in [5.41, 5.74) is 0.0143. The molecule has 0 radical (unpaired) electrons. The van der Waals surface area contributed by atoms with Crippen molar-refractivity contribution in [2.45, 2.75) is 97.1 Å². The normalized spacial score (nSPS) is 13.2. The minimum absolute atomic E-state index is 0.0143. The largest absolute Gasteiger partial charge is 0.333 e. The minimum Gasteiger partial charge on any atom is -0.309 e. The molecule has 0 aromatic carbocycles. The molecule has 0 aromatic rings. The summed E-state index contributed by atoms with van der Waals surface area (Å²) >= 11 is 0. The van der Waals surface area contributed by atoms with E-state index in [1.807, 2.05) is 19.9 Å². The fraction of sp³-hybridized carbons (Fsp3) is 0.895. The van der Waals surface area contributed by atoms with Crippen LogP contribution in [0.25, 0.3) is 0 Å². The second-order valence-electron chi connectivity index (χ2n) is 6.16. The number of allylic oxidation sites excluding steroid dienone is 1. The van der Waals surface area contributed by atoms with Crippen molar-refractivity contribution in [1.29, 1.82) is 0 Å². The van der Waals surface area contributed by atoms with Crippen LogP contribution in [-0.4, -0.2) is 18.9 Å². The number of rotatable bonds is 17. The highest BCUT2D eigenvalue weighted by atomic mass is 31.2. The molecule has 0 fully saturated rings. The molecule has 0 aliphatic rings. The summed E-state index contributed by atoms with van der Waals surface area (Å²) in [5.74, 6) is 0. The third-order valence-electron chi connectivity index (χ3n) is 4.16. The Morgan fingerprint density at radius 1 is 0.870 bits per heavy atom. The molecule has 0 unspecified atom stereocenters. The van der Waals surface area contributed by atoms with Gasteiger partial charge in [-0.1, -0.05) is 64.4 Å². The average molecular weight is 346 g/mol. The Morgan fingerprint density at radius 3 is 1.87 bits per heavy atom. The second kappa shape index (κ2) is 15.4. The summed E-state index contributed by atoms with van der Waals surface area (Å²) < 4.78 is 24.1. The van der Waals surface area contributed by atoms with Gasteiger partial charge in [-0.15, -0.1) is 6.58 Å². The molecule has 0 bridgehead atoms. The van der Waals surface area contributed by atoms with E-state index in [1.165, 1.54) is 44.9 Å². The average Bonchev–Trinajstić information content (AvgIpc) is 2.53. The van der Waals surface area contributed by atoms with Gasteiger partial charge < -0.3 is 9.05 Å². The predicted molar refractivity (Wildman–Crippen MR) is 101 cm³/mol. The van der Waals surface area contributed by atoms with Gasteiger partial charge >= 0.3 is 7.60 Å². The lowest BCUT2D eigenvalue weighted by atomic mass is 10.0. The maximum atomic E-state index is 13.0. The quantitative estimate of drug-likeness (QED) is 0.160. The minimum atomic E-state index is -2.98. The third kappa shape index (κ3) is 11.1. The first-order chi connectivity index (χ1) is 11.1. The Bertz CT molecular complexity index is 308. The lowest BCUT2D eigenvalue weighted by Crippen LogP contribution is -2.13. The topological polar surface area (TPSA) is 35.5 Å². The standard InChI is InChI=1S/C19H39O3P/c1-5-9-11-12-13-14-15-16-18-19(17-10-6-2)23(20,21-7-3)22-8-4/h6,19H,2,5,7-18H2,1,3-4H3/t19-/m1/s1. The van der Waals surface area contributed by atoms with Crippen molar-refractivity contribution in [2.24, 2.45) is 0 Å². The lowest BCUT2D eigenvalue weighted by Gasteiger charge is -2.26. The molecular formula is C19H39O3P. The summed E-state index contributed by atoms with van der Waals surface area (Å²) in [7, 11) is -2.98. The maximum Gasteiger partial charge on any atom is 0.333 e. The van der Waals surface area contributed by atoms with Crippen LogP contribution in [0.3, 0.4) is 0 Å². The van der Waals surface area contributed by atoms with Crippen molar-refractivity contribution in [3.8, 4) is 0 Å². The zero-order chi connectivity index (χ0) is 17.4. The molecule has 4 heteroatoms. The van der Waals surface area contributed by atoms with E-state index in [9.17, 15) is 4.57 Å². The van der Waals surface area contributed by atoms with Gasteiger partial charge in [-0.25, -0.2) is 0 Å². The fourth-order valence-corrected chi connectivity index (χ4v) is 5.07. The van der Waals surface area contributed by atoms with Crippen LogP contribution < -0.4 is 0 Å². The Hall–Kier alpha value is -0.110. The monoisotopic (exact) mass is 346 g/mol. The molecular weight excluding hydrogens is 307 g/mol. The van der Waals surface area contributed by atoms with Gasteiger partial charge in [0.1, 0.15) is 0 Å². The van der Waals surface area contributed by atoms with Gasteiger partial charge in [-0.2, -0.15) is 0 Å². The van der Waals surface area contributed by atoms with Gasteiger partial charge in [0.25, 0.3) is 0 Å². The lowest BCUT2D eigenvalue weighted by molar-refractivity contribution is 0.208. The van der Waals surface area contributed by atoms with Crippen LogP contribution in [0.15, 0.2) is 12.7 Å². The molecule has 0 heterocycles. The van der Waals surface area contributed by atoms with E-state index in [-0.39, 0.29) is 5.66 Å². The van der Waals surface area contributed by atoms with Gasteiger partial charge in [-0.3, -0.25) is 4.57 Å². The molecule has 0 saturated heterocycles. The van der Waals surface area contributed by atoms with Gasteiger partial charge in [0.2, 0.25) is 0 Å². The van der Waals surface area contributed by atoms with Gasteiger partial charge in [0.15, 0.2) is 0 Å². The summed E-state index contributed by atoms with van der Waals surface area (Å²) in [4.78, 5) is 0. The van der Waals surface area contributed by atoms with Crippen LogP contribution in [0.4, 0.5) is 0 Å². The van der Waals surface area contributed by atoms with Crippen molar-refractivity contribution >= 4 is 7.60 Å². The zero-order valence-electron chi connectivity index (χ0n) is 15.7. The van der Waals surface area contributed by atoms with E-state index in [1.54, 1.807) is 0 Å². The van der Waals surface area contributed by atoms with E-state index in [0.717, 1.165) is 25.7 Å². The highest BCUT2D eigenvalue weighted by molar-refractivity contribution is 7.54. The van der Waals surface area contributed by atoms with Crippen molar-refractivity contribution in [3.63, 3.8) is 0 Å². The molecule has 3 nitrogen and oxygen atoms in total. The zero-order valence-corrected chi connectivity index (χ0v) is 16.6. The fourth-order valence-electron chi connectivity index (χ4n) is 2.89. The number of hydrogen-bond donors (Lipinski definition) is 0. The summed E-state index contributed by atoms with van der Waals surface area (Å²) in [5, 5.41) is 0. The number of hydrogen-bond acceptors (Lipinski definition) is 3. The Morgan fingerprint density at radius 2 is 1.39 bits per heavy atom. The van der Waals surface area contributed by atoms with Crippen molar-refractivity contribution in [2.75, 3.05) is 13.2 Å². The highest BCUT2D eigenvalue weighted by Crippen LogP contribution is 2.56. The van der Waals surface area contributed by atoms with Crippen LogP contribution in [0, 0.1) is 0 Å². The molecule has 138 valence electrons. The molecule has 0 saturated carbocycles. The molecule has 0 spiro atoms. The molecule has 1 atom stereocenters. The summed E-state index contributed by atoms with van der Waals surface area (Å²) in [6.45, 7) is 10.7. The van der Waals surface area contributed by atoms with E-state index in [4.69, 9.17) is 9.05 Å². The predicted octanol–water partition coefficient (Wildman–Crippen LogP) is 7.12. The third-order valence-corrected chi connectivity index (χ3v) is 6.81. The molecule has 0 rings (SSSR count). The summed E-state index contributed by atoms with van der Waals surface area (Å²) in [6.07, 6.45) is 14.8. The Balaban J connectivity index is 4.22. The van der Waals surface area contributed by atoms with Crippen molar-refractivity contribution < 1.29 is 13.6 Å². The SMILES string of the molecule is C=CCC[C@H](CCCCCCCCCC)P(=O)(OCC)OCC. The molecule has 0 amide bonds. The molecule has 0 aromatic heterocycles. The van der Waals surface area contributed by atoms with Crippen LogP contribution in [0.2, 0.25) is 0 Å². The smallest absolute Gasteiger partial charge is 0.309 e. The number of unbranched alkanes of at least 4 members (excludes halogenated alkanes) is 7. The van der Waals surface area contributed by atoms with Crippen LogP contribution >= 0.6 is 7.60 Å². The van der Waals surface area contributed by atoms with Crippen molar-refractivity contribution in [3.05, 3.63) is 12.7 Å². The first kappa shape index (κ1) is 22.9. The molecule has 0 N–H and O–H groups in total. The molecule has 23 heavy (non-hydrogen) atoms. The van der Waals surface area contributed by atoms with Gasteiger partial charge in [0.05, 0.1) is 18.9 Å². The van der Waals surface area contributed by atoms with E-state index < -0.39 is 7.60 Å². The van der Waals surface area contributed by atoms with Gasteiger partial charge in [0, 0.05) is 0 Å². The molecule has 0 aliphatic carbocycles.